The summed E-state index contributed by atoms with van der Waals surface area (Å²) in [6.45, 7) is 9.63. The Kier molecular flexibility index (Phi) is 8.51. The average molecular weight is 482 g/mol. The lowest BCUT2D eigenvalue weighted by atomic mass is 9.85. The molecule has 0 radical (unpaired) electrons. The normalized spacial score (nSPS) is 13.3. The largest absolute Gasteiger partial charge is 0.513 e. The van der Waals surface area contributed by atoms with Gasteiger partial charge in [-0.05, 0) is 54.5 Å². The highest BCUT2D eigenvalue weighted by Crippen LogP contribution is 2.33. The Morgan fingerprint density at radius 1 is 1.15 bits per heavy atom. The molecule has 2 N–H and O–H groups in total. The van der Waals surface area contributed by atoms with E-state index in [0.717, 1.165) is 24.0 Å². The molecular weight excluding hydrogens is 450 g/mol. The molecule has 2 aromatic carbocycles. The zero-order chi connectivity index (χ0) is 24.7. The first-order chi connectivity index (χ1) is 16.1. The fourth-order valence-electron chi connectivity index (χ4n) is 3.79. The van der Waals surface area contributed by atoms with Crippen molar-refractivity contribution in [2.45, 2.75) is 52.5 Å². The van der Waals surface area contributed by atoms with Crippen LogP contribution < -0.4 is 5.32 Å². The maximum atomic E-state index is 13.3. The lowest BCUT2D eigenvalue weighted by Crippen LogP contribution is -2.40. The summed E-state index contributed by atoms with van der Waals surface area (Å²) in [6.07, 6.45) is 2.40. The standard InChI is InChI=1S/C27H32ClN3O3/c1-18(32)17-21(12-8-9-19-13-15-22(28)16-14-19)25(33)29-23(27(2,3)4)24-30-26(34-31-24)20-10-6-5-7-11-20/h5-7,10-11,13-16,21,23,32H,1,8-9,12,17H2,2-4H3,(H,29,33)/t21-,23-/m1/s1. The Morgan fingerprint density at radius 2 is 1.82 bits per heavy atom. The molecule has 0 fully saturated rings. The number of aryl methyl sites for hydroxylation is 1. The van der Waals surface area contributed by atoms with Crippen molar-refractivity contribution in [1.29, 1.82) is 0 Å². The molecule has 7 heteroatoms. The Morgan fingerprint density at radius 3 is 2.44 bits per heavy atom. The first-order valence-corrected chi connectivity index (χ1v) is 11.8. The maximum absolute atomic E-state index is 13.3. The molecule has 1 aromatic heterocycles. The molecule has 180 valence electrons. The third-order valence-electron chi connectivity index (χ3n) is 5.66. The number of nitrogens with one attached hydrogen (secondary N) is 1. The van der Waals surface area contributed by atoms with Crippen molar-refractivity contribution in [1.82, 2.24) is 15.5 Å². The molecule has 0 bridgehead atoms. The van der Waals surface area contributed by atoms with E-state index in [1.165, 1.54) is 0 Å². The molecule has 2 atom stereocenters. The molecule has 0 spiro atoms. The van der Waals surface area contributed by atoms with Crippen molar-refractivity contribution in [2.75, 3.05) is 0 Å². The molecule has 0 saturated carbocycles. The number of amides is 1. The zero-order valence-corrected chi connectivity index (χ0v) is 20.7. The van der Waals surface area contributed by atoms with Crippen LogP contribution in [0.1, 0.15) is 57.5 Å². The second-order valence-electron chi connectivity index (χ2n) is 9.62. The molecule has 6 nitrogen and oxygen atoms in total. The van der Waals surface area contributed by atoms with Gasteiger partial charge in [-0.2, -0.15) is 4.98 Å². The van der Waals surface area contributed by atoms with Gasteiger partial charge in [0.1, 0.15) is 0 Å². The number of allylic oxidation sites excluding steroid dienone is 1. The summed E-state index contributed by atoms with van der Waals surface area (Å²) in [7, 11) is 0. The molecular formula is C27H32ClN3O3. The van der Waals surface area contributed by atoms with Crippen LogP contribution in [0.2, 0.25) is 5.02 Å². The van der Waals surface area contributed by atoms with Crippen LogP contribution in [0.15, 0.2) is 71.5 Å². The summed E-state index contributed by atoms with van der Waals surface area (Å²) >= 11 is 5.96. The predicted molar refractivity (Wildman–Crippen MR) is 134 cm³/mol. The fraction of sp³-hybridized carbons (Fsp3) is 0.370. The van der Waals surface area contributed by atoms with Gasteiger partial charge < -0.3 is 14.9 Å². The van der Waals surface area contributed by atoms with Gasteiger partial charge >= 0.3 is 0 Å². The van der Waals surface area contributed by atoms with E-state index < -0.39 is 12.0 Å². The Balaban J connectivity index is 1.71. The molecule has 3 rings (SSSR count). The number of hydrogen-bond donors (Lipinski definition) is 2. The number of rotatable bonds is 10. The first-order valence-electron chi connectivity index (χ1n) is 11.4. The van der Waals surface area contributed by atoms with Crippen LogP contribution in [0, 0.1) is 11.3 Å². The molecule has 3 aromatic rings. The summed E-state index contributed by atoms with van der Waals surface area (Å²) in [5.41, 5.74) is 1.61. The highest BCUT2D eigenvalue weighted by molar-refractivity contribution is 6.30. The van der Waals surface area contributed by atoms with Crippen LogP contribution in [-0.2, 0) is 11.2 Å². The number of benzene rings is 2. The number of carbonyl (C=O) groups excluding carboxylic acids is 1. The number of halogens is 1. The number of hydrogen-bond acceptors (Lipinski definition) is 5. The fourth-order valence-corrected chi connectivity index (χ4v) is 3.92. The number of aromatic nitrogens is 2. The van der Waals surface area contributed by atoms with Crippen molar-refractivity contribution in [3.8, 4) is 11.5 Å². The summed E-state index contributed by atoms with van der Waals surface area (Å²) in [5.74, 6) is 0.224. The van der Waals surface area contributed by atoms with E-state index in [1.807, 2.05) is 75.4 Å². The molecule has 0 aliphatic rings. The number of aliphatic hydroxyl groups is 1. The maximum Gasteiger partial charge on any atom is 0.257 e. The summed E-state index contributed by atoms with van der Waals surface area (Å²) < 4.78 is 5.48. The van der Waals surface area contributed by atoms with Crippen molar-refractivity contribution in [2.24, 2.45) is 11.3 Å². The lowest BCUT2D eigenvalue weighted by Gasteiger charge is -2.30. The topological polar surface area (TPSA) is 88.2 Å². The molecule has 1 heterocycles. The van der Waals surface area contributed by atoms with E-state index in [4.69, 9.17) is 16.1 Å². The number of nitrogens with zero attached hydrogens (tertiary/aromatic N) is 2. The van der Waals surface area contributed by atoms with Gasteiger partial charge in [-0.25, -0.2) is 0 Å². The van der Waals surface area contributed by atoms with Gasteiger partial charge in [0.15, 0.2) is 5.82 Å². The van der Waals surface area contributed by atoms with Crippen LogP contribution >= 0.6 is 11.6 Å². The van der Waals surface area contributed by atoms with Crippen LogP contribution in [0.5, 0.6) is 0 Å². The number of carbonyl (C=O) groups is 1. The van der Waals surface area contributed by atoms with E-state index in [2.05, 4.69) is 22.0 Å². The van der Waals surface area contributed by atoms with E-state index in [9.17, 15) is 9.90 Å². The SMILES string of the molecule is C=C(O)C[C@@H](CCCc1ccc(Cl)cc1)C(=O)N[C@H](c1noc(-c2ccccc2)n1)C(C)(C)C. The van der Waals surface area contributed by atoms with E-state index in [-0.39, 0.29) is 23.5 Å². The second-order valence-corrected chi connectivity index (χ2v) is 10.1. The summed E-state index contributed by atoms with van der Waals surface area (Å²) in [4.78, 5) is 17.9. The minimum Gasteiger partial charge on any atom is -0.513 e. The van der Waals surface area contributed by atoms with Crippen molar-refractivity contribution < 1.29 is 14.4 Å². The Labute approximate surface area is 206 Å². The van der Waals surface area contributed by atoms with Gasteiger partial charge in [0.2, 0.25) is 5.91 Å². The quantitative estimate of drug-likeness (QED) is 0.315. The van der Waals surface area contributed by atoms with Gasteiger partial charge in [-0.3, -0.25) is 4.79 Å². The van der Waals surface area contributed by atoms with Gasteiger partial charge in [-0.1, -0.05) is 74.4 Å². The van der Waals surface area contributed by atoms with Gasteiger partial charge in [0.25, 0.3) is 5.89 Å². The van der Waals surface area contributed by atoms with Crippen molar-refractivity contribution in [3.05, 3.63) is 83.3 Å². The predicted octanol–water partition coefficient (Wildman–Crippen LogP) is 6.69. The van der Waals surface area contributed by atoms with Gasteiger partial charge in [0, 0.05) is 22.9 Å². The molecule has 0 aliphatic heterocycles. The second kappa shape index (κ2) is 11.3. The van der Waals surface area contributed by atoms with Crippen molar-refractivity contribution >= 4 is 17.5 Å². The molecule has 0 aliphatic carbocycles. The smallest absolute Gasteiger partial charge is 0.257 e. The monoisotopic (exact) mass is 481 g/mol. The van der Waals surface area contributed by atoms with Crippen molar-refractivity contribution in [3.63, 3.8) is 0 Å². The van der Waals surface area contributed by atoms with E-state index in [0.29, 0.717) is 23.2 Å². The Bertz CT molecular complexity index is 1090. The number of aliphatic hydroxyl groups excluding tert-OH is 1. The van der Waals surface area contributed by atoms with Gasteiger partial charge in [-0.15, -0.1) is 0 Å². The van der Waals surface area contributed by atoms with Crippen LogP contribution in [-0.4, -0.2) is 21.2 Å². The average Bonchev–Trinajstić information content (AvgIpc) is 3.27. The lowest BCUT2D eigenvalue weighted by molar-refractivity contribution is -0.127. The van der Waals surface area contributed by atoms with E-state index in [1.54, 1.807) is 0 Å². The highest BCUT2D eigenvalue weighted by atomic mass is 35.5. The summed E-state index contributed by atoms with van der Waals surface area (Å²) in [6, 6.07) is 16.7. The minimum absolute atomic E-state index is 0.00937. The Hall–Kier alpha value is -3.12. The van der Waals surface area contributed by atoms with Crippen LogP contribution in [0.25, 0.3) is 11.5 Å². The van der Waals surface area contributed by atoms with Crippen LogP contribution in [0.4, 0.5) is 0 Å². The molecule has 0 unspecified atom stereocenters. The highest BCUT2D eigenvalue weighted by Gasteiger charge is 2.34. The molecule has 0 saturated heterocycles. The third kappa shape index (κ3) is 7.19. The van der Waals surface area contributed by atoms with Crippen LogP contribution in [0.3, 0.4) is 0 Å². The first kappa shape index (κ1) is 25.5. The van der Waals surface area contributed by atoms with E-state index >= 15 is 0 Å². The summed E-state index contributed by atoms with van der Waals surface area (Å²) in [5, 5.41) is 17.8. The zero-order valence-electron chi connectivity index (χ0n) is 19.9. The molecule has 1 amide bonds. The third-order valence-corrected chi connectivity index (χ3v) is 5.91. The van der Waals surface area contributed by atoms with Gasteiger partial charge in [0.05, 0.1) is 11.8 Å². The minimum atomic E-state index is -0.466. The molecule has 34 heavy (non-hydrogen) atoms.